The summed E-state index contributed by atoms with van der Waals surface area (Å²) in [6, 6.07) is 0. The molecule has 0 aromatic heterocycles. The molecule has 0 atom stereocenters. The van der Waals surface area contributed by atoms with E-state index < -0.39 is 0 Å². The minimum absolute atomic E-state index is 0.300. The zero-order valence-electron chi connectivity index (χ0n) is 8.72. The van der Waals surface area contributed by atoms with Gasteiger partial charge in [0.2, 0.25) is 0 Å². The molecule has 3 heteroatoms. The predicted molar refractivity (Wildman–Crippen MR) is 54.9 cm³/mol. The molecule has 0 amide bonds. The van der Waals surface area contributed by atoms with Gasteiger partial charge in [0.05, 0.1) is 6.61 Å². The van der Waals surface area contributed by atoms with Gasteiger partial charge in [-0.25, -0.2) is 0 Å². The van der Waals surface area contributed by atoms with E-state index in [1.165, 1.54) is 6.42 Å². The Morgan fingerprint density at radius 1 is 1.08 bits per heavy atom. The molecule has 0 aromatic rings. The lowest BCUT2D eigenvalue weighted by atomic mass is 10.3. The van der Waals surface area contributed by atoms with E-state index >= 15 is 0 Å². The number of hydrogen-bond acceptors (Lipinski definition) is 3. The first kappa shape index (κ1) is 12.9. The van der Waals surface area contributed by atoms with Crippen LogP contribution in [0.5, 0.6) is 0 Å². The zero-order chi connectivity index (χ0) is 9.78. The van der Waals surface area contributed by atoms with Gasteiger partial charge in [-0.1, -0.05) is 13.3 Å². The van der Waals surface area contributed by atoms with Gasteiger partial charge in [0.25, 0.3) is 0 Å². The van der Waals surface area contributed by atoms with Gasteiger partial charge in [0, 0.05) is 19.8 Å². The SMILES string of the molecule is CCCCOCCNCCCCO. The molecule has 0 heterocycles. The van der Waals surface area contributed by atoms with Crippen molar-refractivity contribution in [2.24, 2.45) is 0 Å². The van der Waals surface area contributed by atoms with Crippen molar-refractivity contribution < 1.29 is 9.84 Å². The average Bonchev–Trinajstić information content (AvgIpc) is 2.16. The van der Waals surface area contributed by atoms with Crippen LogP contribution < -0.4 is 5.32 Å². The Balaban J connectivity index is 2.76. The minimum Gasteiger partial charge on any atom is -0.396 e. The summed E-state index contributed by atoms with van der Waals surface area (Å²) in [6.07, 6.45) is 4.30. The second-order valence-electron chi connectivity index (χ2n) is 3.15. The first-order valence-corrected chi connectivity index (χ1v) is 5.31. The molecular formula is C10H23NO2. The third-order valence-electron chi connectivity index (χ3n) is 1.83. The molecule has 0 fully saturated rings. The summed E-state index contributed by atoms with van der Waals surface area (Å²) in [5.74, 6) is 0. The standard InChI is InChI=1S/C10H23NO2/c1-2-3-9-13-10-7-11-6-4-5-8-12/h11-12H,2-10H2,1H3. The highest BCUT2D eigenvalue weighted by Crippen LogP contribution is 1.87. The number of unbranched alkanes of at least 4 members (excludes halogenated alkanes) is 2. The van der Waals surface area contributed by atoms with E-state index in [4.69, 9.17) is 9.84 Å². The van der Waals surface area contributed by atoms with Gasteiger partial charge < -0.3 is 15.2 Å². The van der Waals surface area contributed by atoms with Gasteiger partial charge in [-0.2, -0.15) is 0 Å². The summed E-state index contributed by atoms with van der Waals surface area (Å²) in [7, 11) is 0. The van der Waals surface area contributed by atoms with Crippen LogP contribution in [0.2, 0.25) is 0 Å². The Hall–Kier alpha value is -0.120. The lowest BCUT2D eigenvalue weighted by Crippen LogP contribution is -2.21. The molecule has 80 valence electrons. The van der Waals surface area contributed by atoms with Crippen LogP contribution in [-0.4, -0.2) is 38.0 Å². The average molecular weight is 189 g/mol. The van der Waals surface area contributed by atoms with Crippen LogP contribution in [0.3, 0.4) is 0 Å². The molecule has 0 saturated carbocycles. The van der Waals surface area contributed by atoms with Gasteiger partial charge in [-0.15, -0.1) is 0 Å². The highest BCUT2D eigenvalue weighted by atomic mass is 16.5. The lowest BCUT2D eigenvalue weighted by Gasteiger charge is -2.04. The van der Waals surface area contributed by atoms with Crippen molar-refractivity contribution in [1.82, 2.24) is 5.32 Å². The Kier molecular flexibility index (Phi) is 11.8. The van der Waals surface area contributed by atoms with Crippen molar-refractivity contribution in [3.63, 3.8) is 0 Å². The second kappa shape index (κ2) is 11.9. The molecule has 0 aliphatic heterocycles. The molecule has 0 radical (unpaired) electrons. The number of aliphatic hydroxyl groups excluding tert-OH is 1. The number of rotatable bonds is 10. The second-order valence-corrected chi connectivity index (χ2v) is 3.15. The number of hydrogen-bond donors (Lipinski definition) is 2. The predicted octanol–water partition coefficient (Wildman–Crippen LogP) is 1.17. The Morgan fingerprint density at radius 2 is 1.92 bits per heavy atom. The summed E-state index contributed by atoms with van der Waals surface area (Å²) in [6.45, 7) is 6.06. The third kappa shape index (κ3) is 11.9. The van der Waals surface area contributed by atoms with Crippen molar-refractivity contribution in [1.29, 1.82) is 0 Å². The van der Waals surface area contributed by atoms with Crippen LogP contribution in [-0.2, 0) is 4.74 Å². The monoisotopic (exact) mass is 189 g/mol. The van der Waals surface area contributed by atoms with Crippen LogP contribution in [0.4, 0.5) is 0 Å². The van der Waals surface area contributed by atoms with E-state index in [-0.39, 0.29) is 0 Å². The van der Waals surface area contributed by atoms with Gasteiger partial charge in [-0.05, 0) is 25.8 Å². The van der Waals surface area contributed by atoms with Gasteiger partial charge in [0.1, 0.15) is 0 Å². The molecule has 0 rings (SSSR count). The Bertz CT molecular complexity index is 79.0. The van der Waals surface area contributed by atoms with Gasteiger partial charge in [-0.3, -0.25) is 0 Å². The largest absolute Gasteiger partial charge is 0.396 e. The van der Waals surface area contributed by atoms with Crippen LogP contribution >= 0.6 is 0 Å². The van der Waals surface area contributed by atoms with E-state index in [0.29, 0.717) is 6.61 Å². The van der Waals surface area contributed by atoms with Gasteiger partial charge in [0.15, 0.2) is 0 Å². The van der Waals surface area contributed by atoms with E-state index in [9.17, 15) is 0 Å². The van der Waals surface area contributed by atoms with Crippen molar-refractivity contribution in [2.75, 3.05) is 32.9 Å². The van der Waals surface area contributed by atoms with Crippen molar-refractivity contribution in [2.45, 2.75) is 32.6 Å². The summed E-state index contributed by atoms with van der Waals surface area (Å²) < 4.78 is 5.37. The lowest BCUT2D eigenvalue weighted by molar-refractivity contribution is 0.133. The van der Waals surface area contributed by atoms with E-state index in [1.807, 2.05) is 0 Å². The van der Waals surface area contributed by atoms with E-state index in [2.05, 4.69) is 12.2 Å². The molecule has 0 aliphatic rings. The van der Waals surface area contributed by atoms with Crippen LogP contribution in [0, 0.1) is 0 Å². The van der Waals surface area contributed by atoms with Crippen LogP contribution in [0.1, 0.15) is 32.6 Å². The first-order valence-electron chi connectivity index (χ1n) is 5.31. The normalized spacial score (nSPS) is 10.6. The zero-order valence-corrected chi connectivity index (χ0v) is 8.72. The minimum atomic E-state index is 0.300. The highest BCUT2D eigenvalue weighted by Gasteiger charge is 1.89. The van der Waals surface area contributed by atoms with Crippen molar-refractivity contribution >= 4 is 0 Å². The molecule has 0 bridgehead atoms. The summed E-state index contributed by atoms with van der Waals surface area (Å²) in [4.78, 5) is 0. The number of ether oxygens (including phenoxy) is 1. The van der Waals surface area contributed by atoms with Gasteiger partial charge >= 0.3 is 0 Å². The number of aliphatic hydroxyl groups is 1. The molecule has 13 heavy (non-hydrogen) atoms. The number of nitrogens with one attached hydrogen (secondary N) is 1. The summed E-state index contributed by atoms with van der Waals surface area (Å²) >= 11 is 0. The molecule has 3 nitrogen and oxygen atoms in total. The first-order chi connectivity index (χ1) is 6.41. The molecule has 0 aliphatic carbocycles. The fraction of sp³-hybridized carbons (Fsp3) is 1.00. The summed E-state index contributed by atoms with van der Waals surface area (Å²) in [5, 5.41) is 11.8. The van der Waals surface area contributed by atoms with E-state index in [1.54, 1.807) is 0 Å². The highest BCUT2D eigenvalue weighted by molar-refractivity contribution is 4.46. The fourth-order valence-corrected chi connectivity index (χ4v) is 0.980. The molecule has 0 saturated heterocycles. The maximum absolute atomic E-state index is 8.51. The fourth-order valence-electron chi connectivity index (χ4n) is 0.980. The van der Waals surface area contributed by atoms with Crippen molar-refractivity contribution in [3.8, 4) is 0 Å². The molecule has 0 unspecified atom stereocenters. The molecule has 0 spiro atoms. The maximum Gasteiger partial charge on any atom is 0.0590 e. The molecule has 2 N–H and O–H groups in total. The third-order valence-corrected chi connectivity index (χ3v) is 1.83. The van der Waals surface area contributed by atoms with Crippen molar-refractivity contribution in [3.05, 3.63) is 0 Å². The summed E-state index contributed by atoms with van der Waals surface area (Å²) in [5.41, 5.74) is 0. The topological polar surface area (TPSA) is 41.5 Å². The van der Waals surface area contributed by atoms with Crippen LogP contribution in [0.15, 0.2) is 0 Å². The quantitative estimate of drug-likeness (QED) is 0.507. The smallest absolute Gasteiger partial charge is 0.0590 e. The Labute approximate surface area is 81.5 Å². The van der Waals surface area contributed by atoms with Crippen LogP contribution in [0.25, 0.3) is 0 Å². The molecule has 0 aromatic carbocycles. The van der Waals surface area contributed by atoms with E-state index in [0.717, 1.165) is 45.6 Å². The maximum atomic E-state index is 8.51. The Morgan fingerprint density at radius 3 is 2.62 bits per heavy atom. The molecular weight excluding hydrogens is 166 g/mol.